The molecule has 1 unspecified atom stereocenters. The third-order valence-corrected chi connectivity index (χ3v) is 3.77. The third-order valence-electron chi connectivity index (χ3n) is 3.17. The minimum absolute atomic E-state index is 0.000402. The summed E-state index contributed by atoms with van der Waals surface area (Å²) in [6.07, 6.45) is 2.80. The fourth-order valence-corrected chi connectivity index (χ4v) is 2.54. The molecule has 1 atom stereocenters. The van der Waals surface area contributed by atoms with Gasteiger partial charge in [0.15, 0.2) is 0 Å². The zero-order valence-corrected chi connectivity index (χ0v) is 12.4. The van der Waals surface area contributed by atoms with Crippen molar-refractivity contribution < 1.29 is 24.1 Å². The van der Waals surface area contributed by atoms with Crippen molar-refractivity contribution in [1.29, 1.82) is 0 Å². The topological polar surface area (TPSA) is 107 Å². The van der Waals surface area contributed by atoms with Gasteiger partial charge in [0.25, 0.3) is 17.5 Å². The Morgan fingerprint density at radius 2 is 2.05 bits per heavy atom. The van der Waals surface area contributed by atoms with Gasteiger partial charge in [0.05, 0.1) is 17.3 Å². The molecule has 0 bridgehead atoms. The molecule has 2 aliphatic rings. The van der Waals surface area contributed by atoms with E-state index in [0.29, 0.717) is 16.0 Å². The Kier molecular flexibility index (Phi) is 4.51. The molecule has 2 rings (SSSR count). The monoisotopic (exact) mass is 358 g/mol. The van der Waals surface area contributed by atoms with Gasteiger partial charge >= 0.3 is 5.97 Å². The second-order valence-electron chi connectivity index (χ2n) is 4.52. The van der Waals surface area contributed by atoms with Crippen LogP contribution in [0.5, 0.6) is 0 Å². The minimum atomic E-state index is -0.894. The maximum atomic E-state index is 11.9. The summed E-state index contributed by atoms with van der Waals surface area (Å²) in [7, 11) is 0. The number of hydroxylamine groups is 2. The average Bonchev–Trinajstić information content (AvgIpc) is 2.78. The third kappa shape index (κ3) is 3.18. The lowest BCUT2D eigenvalue weighted by molar-refractivity contribution is -0.429. The first kappa shape index (κ1) is 15.4. The van der Waals surface area contributed by atoms with E-state index in [-0.39, 0.29) is 25.0 Å². The Morgan fingerprint density at radius 3 is 2.57 bits per heavy atom. The van der Waals surface area contributed by atoms with E-state index in [1.807, 2.05) is 0 Å². The van der Waals surface area contributed by atoms with Crippen molar-refractivity contribution in [3.63, 3.8) is 0 Å². The second kappa shape index (κ2) is 6.17. The van der Waals surface area contributed by atoms with Crippen LogP contribution in [0.15, 0.2) is 23.4 Å². The van der Waals surface area contributed by atoms with Crippen molar-refractivity contribution in [1.82, 2.24) is 5.06 Å². The minimum Gasteiger partial charge on any atom is -0.330 e. The fourth-order valence-electron chi connectivity index (χ4n) is 2.03. The van der Waals surface area contributed by atoms with E-state index in [2.05, 4.69) is 15.9 Å². The Bertz CT molecular complexity index is 566. The average molecular weight is 359 g/mol. The van der Waals surface area contributed by atoms with Crippen molar-refractivity contribution in [3.8, 4) is 0 Å². The highest BCUT2D eigenvalue weighted by Crippen LogP contribution is 2.27. The fraction of sp³-hybridized carbons (Fsp3) is 0.417. The van der Waals surface area contributed by atoms with E-state index in [9.17, 15) is 24.5 Å². The number of imide groups is 1. The summed E-state index contributed by atoms with van der Waals surface area (Å²) in [6, 6.07) is 0. The maximum absolute atomic E-state index is 11.9. The molecule has 1 aliphatic heterocycles. The highest BCUT2D eigenvalue weighted by atomic mass is 79.9. The Hall–Kier alpha value is -2.03. The summed E-state index contributed by atoms with van der Waals surface area (Å²) in [5.41, 5.74) is 0.382. The van der Waals surface area contributed by atoms with Crippen LogP contribution in [0, 0.1) is 16.0 Å². The van der Waals surface area contributed by atoms with Crippen LogP contribution in [0.2, 0.25) is 0 Å². The Morgan fingerprint density at radius 1 is 1.43 bits per heavy atom. The van der Waals surface area contributed by atoms with Gasteiger partial charge in [0.2, 0.25) is 0 Å². The highest BCUT2D eigenvalue weighted by Gasteiger charge is 2.36. The zero-order valence-electron chi connectivity index (χ0n) is 10.8. The molecule has 0 N–H and O–H groups in total. The van der Waals surface area contributed by atoms with Gasteiger partial charge < -0.3 is 4.84 Å². The number of allylic oxidation sites excluding steroid dienone is 3. The SMILES string of the molecule is O=C(ON1C(=O)CCC1=O)C1C=CC(CBr)=C([N+](=O)[O-])C1. The number of amides is 2. The molecule has 1 fully saturated rings. The molecule has 0 aromatic heterocycles. The predicted octanol–water partition coefficient (Wildman–Crippen LogP) is 1.10. The maximum Gasteiger partial charge on any atom is 0.340 e. The summed E-state index contributed by atoms with van der Waals surface area (Å²) < 4.78 is 0. The smallest absolute Gasteiger partial charge is 0.330 e. The Balaban J connectivity index is 2.07. The molecular weight excluding hydrogens is 348 g/mol. The molecule has 21 heavy (non-hydrogen) atoms. The van der Waals surface area contributed by atoms with Gasteiger partial charge in [-0.2, -0.15) is 0 Å². The molecule has 1 heterocycles. The summed E-state index contributed by atoms with van der Waals surface area (Å²) in [5.74, 6) is -2.92. The lowest BCUT2D eigenvalue weighted by Crippen LogP contribution is -2.35. The van der Waals surface area contributed by atoms with Crippen LogP contribution in [0.4, 0.5) is 0 Å². The number of hydrogen-bond acceptors (Lipinski definition) is 6. The first-order valence-corrected chi connectivity index (χ1v) is 7.24. The normalized spacial score (nSPS) is 22.0. The molecule has 2 amide bonds. The van der Waals surface area contributed by atoms with E-state index in [1.165, 1.54) is 12.2 Å². The van der Waals surface area contributed by atoms with Crippen molar-refractivity contribution >= 4 is 33.7 Å². The molecular formula is C12H11BrN2O6. The van der Waals surface area contributed by atoms with Gasteiger partial charge in [-0.05, 0) is 0 Å². The van der Waals surface area contributed by atoms with Crippen LogP contribution in [-0.2, 0) is 19.2 Å². The molecule has 8 nitrogen and oxygen atoms in total. The van der Waals surface area contributed by atoms with Gasteiger partial charge in [-0.1, -0.05) is 28.1 Å². The standard InChI is InChI=1S/C12H11BrN2O6/c13-6-8-2-1-7(5-9(8)15(19)20)12(18)21-14-10(16)3-4-11(14)17/h1-2,7H,3-6H2. The second-order valence-corrected chi connectivity index (χ2v) is 5.09. The van der Waals surface area contributed by atoms with E-state index in [1.54, 1.807) is 0 Å². The van der Waals surface area contributed by atoms with Crippen LogP contribution in [0.3, 0.4) is 0 Å². The van der Waals surface area contributed by atoms with Crippen LogP contribution in [0.1, 0.15) is 19.3 Å². The van der Waals surface area contributed by atoms with E-state index >= 15 is 0 Å². The van der Waals surface area contributed by atoms with Crippen molar-refractivity contribution in [2.24, 2.45) is 5.92 Å². The molecule has 0 spiro atoms. The van der Waals surface area contributed by atoms with E-state index in [0.717, 1.165) is 0 Å². The van der Waals surface area contributed by atoms with E-state index < -0.39 is 28.6 Å². The zero-order chi connectivity index (χ0) is 15.6. The Labute approximate surface area is 127 Å². The number of alkyl halides is 1. The molecule has 9 heteroatoms. The van der Waals surface area contributed by atoms with Gasteiger partial charge in [0, 0.05) is 23.7 Å². The molecule has 112 valence electrons. The summed E-state index contributed by atoms with van der Waals surface area (Å²) in [4.78, 5) is 49.8. The van der Waals surface area contributed by atoms with Crippen LogP contribution in [-0.4, -0.2) is 33.1 Å². The lowest BCUT2D eigenvalue weighted by atomic mass is 9.95. The number of hydrogen-bond donors (Lipinski definition) is 0. The number of rotatable bonds is 4. The predicted molar refractivity (Wildman–Crippen MR) is 72.2 cm³/mol. The number of carbonyl (C=O) groups excluding carboxylic acids is 3. The summed E-state index contributed by atoms with van der Waals surface area (Å²) >= 11 is 3.14. The highest BCUT2D eigenvalue weighted by molar-refractivity contribution is 9.09. The first-order chi connectivity index (χ1) is 9.93. The van der Waals surface area contributed by atoms with Crippen LogP contribution in [0.25, 0.3) is 0 Å². The van der Waals surface area contributed by atoms with Crippen LogP contribution >= 0.6 is 15.9 Å². The quantitative estimate of drug-likeness (QED) is 0.322. The summed E-state index contributed by atoms with van der Waals surface area (Å²) in [5, 5.41) is 11.7. The molecule has 0 aromatic rings. The van der Waals surface area contributed by atoms with Crippen molar-refractivity contribution in [3.05, 3.63) is 33.5 Å². The van der Waals surface area contributed by atoms with E-state index in [4.69, 9.17) is 4.84 Å². The van der Waals surface area contributed by atoms with Crippen molar-refractivity contribution in [2.45, 2.75) is 19.3 Å². The van der Waals surface area contributed by atoms with Gasteiger partial charge in [-0.3, -0.25) is 19.7 Å². The number of nitro groups is 1. The van der Waals surface area contributed by atoms with Gasteiger partial charge in [0.1, 0.15) is 0 Å². The lowest BCUT2D eigenvalue weighted by Gasteiger charge is -2.18. The van der Waals surface area contributed by atoms with Crippen molar-refractivity contribution in [2.75, 3.05) is 5.33 Å². The summed E-state index contributed by atoms with van der Waals surface area (Å²) in [6.45, 7) is 0. The molecule has 0 saturated carbocycles. The van der Waals surface area contributed by atoms with Gasteiger partial charge in [-0.15, -0.1) is 5.06 Å². The largest absolute Gasteiger partial charge is 0.340 e. The number of halogens is 1. The van der Waals surface area contributed by atoms with Gasteiger partial charge in [-0.25, -0.2) is 4.79 Å². The number of carbonyl (C=O) groups is 3. The molecule has 1 aliphatic carbocycles. The van der Waals surface area contributed by atoms with Crippen LogP contribution < -0.4 is 0 Å². The first-order valence-electron chi connectivity index (χ1n) is 6.12. The number of nitrogens with zero attached hydrogens (tertiary/aromatic N) is 2. The molecule has 0 aromatic carbocycles. The molecule has 1 saturated heterocycles. The molecule has 0 radical (unpaired) electrons.